The number of hydrogen-bond acceptors (Lipinski definition) is 2. The Balaban J connectivity index is 1.84. The van der Waals surface area contributed by atoms with Crippen LogP contribution in [0.2, 0.25) is 0 Å². The summed E-state index contributed by atoms with van der Waals surface area (Å²) in [7, 11) is 0. The van der Waals surface area contributed by atoms with Crippen molar-refractivity contribution in [2.24, 2.45) is 0 Å². The van der Waals surface area contributed by atoms with Gasteiger partial charge in [-0.1, -0.05) is 12.1 Å². The van der Waals surface area contributed by atoms with Crippen LogP contribution in [0.5, 0.6) is 0 Å². The molecule has 0 aliphatic carbocycles. The van der Waals surface area contributed by atoms with Crippen molar-refractivity contribution in [3.8, 4) is 0 Å². The van der Waals surface area contributed by atoms with Crippen molar-refractivity contribution < 1.29 is 4.74 Å². The Bertz CT molecular complexity index is 629. The summed E-state index contributed by atoms with van der Waals surface area (Å²) in [6.07, 6.45) is 5.36. The number of morpholine rings is 1. The van der Waals surface area contributed by atoms with E-state index in [1.807, 2.05) is 6.08 Å². The molecule has 0 radical (unpaired) electrons. The summed E-state index contributed by atoms with van der Waals surface area (Å²) in [5.74, 6) is 0. The highest BCUT2D eigenvalue weighted by Crippen LogP contribution is 2.27. The molecule has 1 fully saturated rings. The highest BCUT2D eigenvalue weighted by molar-refractivity contribution is 14.1. The van der Waals surface area contributed by atoms with Gasteiger partial charge in [-0.15, -0.1) is 6.58 Å². The molecule has 0 N–H and O–H groups in total. The molecular formula is C17H21IN2O. The van der Waals surface area contributed by atoms with Gasteiger partial charge in [-0.3, -0.25) is 4.90 Å². The van der Waals surface area contributed by atoms with Crippen LogP contribution < -0.4 is 0 Å². The molecule has 0 bridgehead atoms. The number of hydrogen-bond donors (Lipinski definition) is 0. The van der Waals surface area contributed by atoms with Gasteiger partial charge in [0.15, 0.2) is 0 Å². The van der Waals surface area contributed by atoms with E-state index >= 15 is 0 Å². The molecule has 2 heterocycles. The minimum Gasteiger partial charge on any atom is -0.379 e. The minimum absolute atomic E-state index is 0.869. The largest absolute Gasteiger partial charge is 0.379 e. The van der Waals surface area contributed by atoms with E-state index in [0.717, 1.165) is 45.8 Å². The van der Waals surface area contributed by atoms with Gasteiger partial charge in [0.2, 0.25) is 0 Å². The van der Waals surface area contributed by atoms with Gasteiger partial charge in [-0.25, -0.2) is 0 Å². The fourth-order valence-electron chi connectivity index (χ4n) is 2.98. The van der Waals surface area contributed by atoms with Gasteiger partial charge in [0.25, 0.3) is 0 Å². The Kier molecular flexibility index (Phi) is 4.98. The van der Waals surface area contributed by atoms with Crippen LogP contribution in [-0.2, 0) is 17.7 Å². The Morgan fingerprint density at radius 2 is 2.10 bits per heavy atom. The maximum atomic E-state index is 5.42. The molecule has 3 nitrogen and oxygen atoms in total. The van der Waals surface area contributed by atoms with Crippen LogP contribution in [-0.4, -0.2) is 42.3 Å². The molecule has 3 rings (SSSR count). The molecule has 1 aromatic heterocycles. The molecule has 0 spiro atoms. The first-order valence-corrected chi connectivity index (χ1v) is 8.54. The molecular weight excluding hydrogens is 375 g/mol. The van der Waals surface area contributed by atoms with E-state index in [1.165, 1.54) is 20.0 Å². The van der Waals surface area contributed by atoms with Crippen molar-refractivity contribution in [2.45, 2.75) is 13.0 Å². The van der Waals surface area contributed by atoms with E-state index in [2.05, 4.69) is 63.0 Å². The molecule has 21 heavy (non-hydrogen) atoms. The number of nitrogens with zero attached hydrogens (tertiary/aromatic N) is 2. The smallest absolute Gasteiger partial charge is 0.0594 e. The topological polar surface area (TPSA) is 17.4 Å². The summed E-state index contributed by atoms with van der Waals surface area (Å²) in [5, 5.41) is 1.41. The number of allylic oxidation sites excluding steroid dienone is 1. The quantitative estimate of drug-likeness (QED) is 0.570. The zero-order valence-corrected chi connectivity index (χ0v) is 14.4. The number of aromatic nitrogens is 1. The lowest BCUT2D eigenvalue weighted by molar-refractivity contribution is 0.0385. The lowest BCUT2D eigenvalue weighted by atomic mass is 10.1. The van der Waals surface area contributed by atoms with Gasteiger partial charge in [0.1, 0.15) is 0 Å². The van der Waals surface area contributed by atoms with Gasteiger partial charge in [-0.2, -0.15) is 0 Å². The lowest BCUT2D eigenvalue weighted by Crippen LogP contribution is -2.37. The summed E-state index contributed by atoms with van der Waals surface area (Å²) < 4.78 is 9.06. The molecule has 0 unspecified atom stereocenters. The summed E-state index contributed by atoms with van der Waals surface area (Å²) in [4.78, 5) is 2.50. The summed E-state index contributed by atoms with van der Waals surface area (Å²) in [6, 6.07) is 6.54. The Morgan fingerprint density at radius 3 is 2.86 bits per heavy atom. The average molecular weight is 396 g/mol. The third-order valence-electron chi connectivity index (χ3n) is 4.06. The summed E-state index contributed by atoms with van der Waals surface area (Å²) in [6.45, 7) is 9.71. The monoisotopic (exact) mass is 396 g/mol. The summed E-state index contributed by atoms with van der Waals surface area (Å²) in [5.41, 5.74) is 2.77. The van der Waals surface area contributed by atoms with E-state index < -0.39 is 0 Å². The molecule has 1 aromatic carbocycles. The third-order valence-corrected chi connectivity index (χ3v) is 4.96. The van der Waals surface area contributed by atoms with E-state index in [-0.39, 0.29) is 0 Å². The van der Waals surface area contributed by atoms with Crippen LogP contribution in [0, 0.1) is 3.57 Å². The number of fused-ring (bicyclic) bond motifs is 1. The van der Waals surface area contributed by atoms with Crippen LogP contribution in [0.3, 0.4) is 0 Å². The van der Waals surface area contributed by atoms with Crippen LogP contribution in [0.1, 0.15) is 5.56 Å². The maximum absolute atomic E-state index is 5.42. The second kappa shape index (κ2) is 6.94. The zero-order chi connectivity index (χ0) is 14.7. The van der Waals surface area contributed by atoms with Crippen LogP contribution in [0.4, 0.5) is 0 Å². The van der Waals surface area contributed by atoms with Crippen LogP contribution in [0.15, 0.2) is 37.1 Å². The van der Waals surface area contributed by atoms with Crippen molar-refractivity contribution in [2.75, 3.05) is 32.8 Å². The van der Waals surface area contributed by atoms with E-state index in [4.69, 9.17) is 4.74 Å². The number of benzene rings is 1. The van der Waals surface area contributed by atoms with Crippen molar-refractivity contribution >= 4 is 33.5 Å². The first-order valence-electron chi connectivity index (χ1n) is 7.47. The van der Waals surface area contributed by atoms with E-state index in [1.54, 1.807) is 0 Å². The zero-order valence-electron chi connectivity index (χ0n) is 12.2. The number of ether oxygens (including phenoxy) is 1. The van der Waals surface area contributed by atoms with Crippen molar-refractivity contribution in [3.05, 3.63) is 46.2 Å². The first kappa shape index (κ1) is 15.1. The molecule has 0 atom stereocenters. The number of halogens is 1. The van der Waals surface area contributed by atoms with Crippen molar-refractivity contribution in [1.29, 1.82) is 0 Å². The SMILES string of the molecule is C=CCn1cc(CCN2CCOCC2)c2c(I)cccc21. The lowest BCUT2D eigenvalue weighted by Gasteiger charge is -2.26. The van der Waals surface area contributed by atoms with Crippen LogP contribution in [0.25, 0.3) is 10.9 Å². The Hall–Kier alpha value is -0.850. The minimum atomic E-state index is 0.869. The fourth-order valence-corrected chi connectivity index (χ4v) is 3.81. The second-order valence-electron chi connectivity index (χ2n) is 5.43. The highest BCUT2D eigenvalue weighted by atomic mass is 127. The molecule has 112 valence electrons. The molecule has 4 heteroatoms. The molecule has 0 saturated carbocycles. The molecule has 1 aliphatic rings. The van der Waals surface area contributed by atoms with Crippen molar-refractivity contribution in [1.82, 2.24) is 9.47 Å². The fraction of sp³-hybridized carbons (Fsp3) is 0.412. The van der Waals surface area contributed by atoms with E-state index in [0.29, 0.717) is 0 Å². The predicted molar refractivity (Wildman–Crippen MR) is 95.8 cm³/mol. The van der Waals surface area contributed by atoms with E-state index in [9.17, 15) is 0 Å². The van der Waals surface area contributed by atoms with Gasteiger partial charge in [0.05, 0.1) is 13.2 Å². The second-order valence-corrected chi connectivity index (χ2v) is 6.60. The first-order chi connectivity index (χ1) is 10.3. The molecule has 1 saturated heterocycles. The van der Waals surface area contributed by atoms with Crippen molar-refractivity contribution in [3.63, 3.8) is 0 Å². The maximum Gasteiger partial charge on any atom is 0.0594 e. The normalized spacial score (nSPS) is 16.4. The Morgan fingerprint density at radius 1 is 1.29 bits per heavy atom. The standard InChI is InChI=1S/C17H21IN2O/c1-2-7-20-13-14(6-8-19-9-11-21-12-10-19)17-15(18)4-3-5-16(17)20/h2-5,13H,1,6-12H2. The van der Waals surface area contributed by atoms with Crippen LogP contribution >= 0.6 is 22.6 Å². The average Bonchev–Trinajstić information content (AvgIpc) is 2.86. The molecule has 2 aromatic rings. The highest BCUT2D eigenvalue weighted by Gasteiger charge is 2.14. The molecule has 1 aliphatic heterocycles. The van der Waals surface area contributed by atoms with Gasteiger partial charge in [-0.05, 0) is 46.7 Å². The van der Waals surface area contributed by atoms with Gasteiger partial charge < -0.3 is 9.30 Å². The molecule has 0 amide bonds. The number of rotatable bonds is 5. The van der Waals surface area contributed by atoms with Gasteiger partial charge in [0, 0.05) is 46.8 Å². The predicted octanol–water partition coefficient (Wildman–Crippen LogP) is 3.31. The summed E-state index contributed by atoms with van der Waals surface area (Å²) >= 11 is 2.45. The third kappa shape index (κ3) is 3.33. The van der Waals surface area contributed by atoms with Gasteiger partial charge >= 0.3 is 0 Å². The Labute approximate surface area is 139 Å².